The predicted octanol–water partition coefficient (Wildman–Crippen LogP) is 7.30. The van der Waals surface area contributed by atoms with Gasteiger partial charge in [0.05, 0.1) is 0 Å². The third-order valence-electron chi connectivity index (χ3n) is 5.66. The van der Waals surface area contributed by atoms with E-state index in [9.17, 15) is 0 Å². The molecule has 0 bridgehead atoms. The molecule has 1 nitrogen and oxygen atoms in total. The topological polar surface area (TPSA) is 9.23 Å². The third-order valence-corrected chi connectivity index (χ3v) is 8.89. The smallest absolute Gasteiger partial charge is 0.128 e. The molecule has 28 heavy (non-hydrogen) atoms. The molecule has 1 aliphatic rings. The van der Waals surface area contributed by atoms with Gasteiger partial charge in [0.15, 0.2) is 0 Å². The van der Waals surface area contributed by atoms with Crippen LogP contribution in [0.4, 0.5) is 0 Å². The maximum Gasteiger partial charge on any atom is 0.128 e. The molecule has 0 spiro atoms. The SMILES string of the molecule is C[C@@H]1Oc2cccc(-c3c4ccccc4cc4ccccc34)c2[P@@]1C(C)(C)C. The van der Waals surface area contributed by atoms with Gasteiger partial charge in [0, 0.05) is 5.30 Å². The number of ether oxygens (including phenoxy) is 1. The van der Waals surface area contributed by atoms with Crippen LogP contribution in [0.2, 0.25) is 0 Å². The summed E-state index contributed by atoms with van der Waals surface area (Å²) in [6, 6.07) is 26.4. The van der Waals surface area contributed by atoms with E-state index in [0.717, 1.165) is 5.75 Å². The van der Waals surface area contributed by atoms with Crippen LogP contribution in [0.15, 0.2) is 72.8 Å². The standard InChI is InChI=1S/C26H25OP/c1-17-27-23-15-9-14-22(25(23)28(17)26(2,3)4)24-20-12-7-5-10-18(20)16-19-11-6-8-13-21(19)24/h5-17H,1-4H3/t17-,28+/m1/s1. The molecule has 1 heterocycles. The number of fused-ring (bicyclic) bond motifs is 3. The Balaban J connectivity index is 1.92. The van der Waals surface area contributed by atoms with Crippen LogP contribution in [0.25, 0.3) is 32.7 Å². The molecular weight excluding hydrogens is 359 g/mol. The number of benzene rings is 4. The van der Waals surface area contributed by atoms with Crippen LogP contribution in [-0.2, 0) is 0 Å². The van der Waals surface area contributed by atoms with Crippen molar-refractivity contribution >= 4 is 34.8 Å². The molecule has 0 saturated heterocycles. The zero-order chi connectivity index (χ0) is 19.5. The first-order chi connectivity index (χ1) is 13.4. The van der Waals surface area contributed by atoms with Gasteiger partial charge in [-0.05, 0) is 64.8 Å². The van der Waals surface area contributed by atoms with E-state index in [2.05, 4.69) is 100 Å². The molecule has 0 N–H and O–H groups in total. The van der Waals surface area contributed by atoms with Crippen molar-refractivity contribution in [2.45, 2.75) is 38.7 Å². The first kappa shape index (κ1) is 17.7. The molecule has 4 aromatic rings. The van der Waals surface area contributed by atoms with Crippen LogP contribution in [0.5, 0.6) is 5.75 Å². The van der Waals surface area contributed by atoms with Crippen molar-refractivity contribution in [1.82, 2.24) is 0 Å². The largest absolute Gasteiger partial charge is 0.485 e. The van der Waals surface area contributed by atoms with Gasteiger partial charge in [-0.15, -0.1) is 0 Å². The molecule has 0 fully saturated rings. The summed E-state index contributed by atoms with van der Waals surface area (Å²) in [6.45, 7) is 9.30. The molecule has 0 unspecified atom stereocenters. The molecule has 1 aliphatic heterocycles. The molecule has 0 aliphatic carbocycles. The summed E-state index contributed by atoms with van der Waals surface area (Å²) in [4.78, 5) is 0. The number of hydrogen-bond donors (Lipinski definition) is 0. The van der Waals surface area contributed by atoms with Crippen molar-refractivity contribution in [2.24, 2.45) is 0 Å². The number of hydrogen-bond acceptors (Lipinski definition) is 1. The van der Waals surface area contributed by atoms with Crippen molar-refractivity contribution in [3.8, 4) is 16.9 Å². The normalized spacial score (nSPS) is 19.0. The van der Waals surface area contributed by atoms with Gasteiger partial charge in [0.1, 0.15) is 11.6 Å². The molecule has 140 valence electrons. The zero-order valence-corrected chi connectivity index (χ0v) is 17.8. The van der Waals surface area contributed by atoms with Gasteiger partial charge in [0.2, 0.25) is 0 Å². The van der Waals surface area contributed by atoms with Crippen LogP contribution >= 0.6 is 7.92 Å². The molecule has 2 heteroatoms. The monoisotopic (exact) mass is 384 g/mol. The predicted molar refractivity (Wildman–Crippen MR) is 123 cm³/mol. The van der Waals surface area contributed by atoms with Crippen molar-refractivity contribution in [3.05, 3.63) is 72.8 Å². The highest BCUT2D eigenvalue weighted by atomic mass is 31.1. The summed E-state index contributed by atoms with van der Waals surface area (Å²) in [5, 5.41) is 6.84. The summed E-state index contributed by atoms with van der Waals surface area (Å²) in [5.74, 6) is 1.32. The molecule has 5 rings (SSSR count). The Bertz CT molecular complexity index is 1150. The second-order valence-corrected chi connectivity index (χ2v) is 11.9. The first-order valence-corrected chi connectivity index (χ1v) is 11.4. The maximum atomic E-state index is 6.36. The Morgan fingerprint density at radius 3 is 2.00 bits per heavy atom. The van der Waals surface area contributed by atoms with E-state index in [1.165, 1.54) is 38.0 Å². The summed E-state index contributed by atoms with van der Waals surface area (Å²) in [7, 11) is -0.441. The van der Waals surface area contributed by atoms with Gasteiger partial charge in [-0.25, -0.2) is 0 Å². The van der Waals surface area contributed by atoms with E-state index in [0.29, 0.717) is 0 Å². The highest BCUT2D eigenvalue weighted by Gasteiger charge is 2.41. The van der Waals surface area contributed by atoms with E-state index in [1.807, 2.05) is 0 Å². The van der Waals surface area contributed by atoms with Crippen molar-refractivity contribution in [3.63, 3.8) is 0 Å². The van der Waals surface area contributed by atoms with E-state index >= 15 is 0 Å². The Hall–Kier alpha value is -2.37. The van der Waals surface area contributed by atoms with Crippen LogP contribution < -0.4 is 10.0 Å². The van der Waals surface area contributed by atoms with E-state index in [-0.39, 0.29) is 11.0 Å². The Morgan fingerprint density at radius 1 is 0.786 bits per heavy atom. The summed E-state index contributed by atoms with van der Waals surface area (Å²) < 4.78 is 6.36. The Labute approximate surface area is 168 Å². The van der Waals surface area contributed by atoms with Gasteiger partial charge in [0.25, 0.3) is 0 Å². The highest BCUT2D eigenvalue weighted by Crippen LogP contribution is 2.60. The third kappa shape index (κ3) is 2.65. The first-order valence-electron chi connectivity index (χ1n) is 9.95. The quantitative estimate of drug-likeness (QED) is 0.247. The lowest BCUT2D eigenvalue weighted by Crippen LogP contribution is -2.22. The zero-order valence-electron chi connectivity index (χ0n) is 16.9. The summed E-state index contributed by atoms with van der Waals surface area (Å²) in [5.41, 5.74) is 2.69. The Kier molecular flexibility index (Phi) is 4.00. The van der Waals surface area contributed by atoms with Crippen molar-refractivity contribution in [2.75, 3.05) is 0 Å². The van der Waals surface area contributed by atoms with E-state index < -0.39 is 7.92 Å². The fourth-order valence-corrected chi connectivity index (χ4v) is 7.83. The fourth-order valence-electron chi connectivity index (χ4n) is 4.67. The van der Waals surface area contributed by atoms with Crippen LogP contribution in [-0.4, -0.2) is 11.0 Å². The van der Waals surface area contributed by atoms with Crippen molar-refractivity contribution < 1.29 is 4.74 Å². The summed E-state index contributed by atoms with van der Waals surface area (Å²) in [6.07, 6.45) is 0. The lowest BCUT2D eigenvalue weighted by atomic mass is 9.92. The maximum absolute atomic E-state index is 6.36. The lowest BCUT2D eigenvalue weighted by molar-refractivity contribution is 0.313. The van der Waals surface area contributed by atoms with Gasteiger partial charge in [-0.2, -0.15) is 0 Å². The highest BCUT2D eigenvalue weighted by molar-refractivity contribution is 7.68. The average molecular weight is 384 g/mol. The van der Waals surface area contributed by atoms with Gasteiger partial charge >= 0.3 is 0 Å². The van der Waals surface area contributed by atoms with Gasteiger partial charge in [-0.1, -0.05) is 81.4 Å². The second kappa shape index (κ2) is 6.33. The van der Waals surface area contributed by atoms with E-state index in [4.69, 9.17) is 4.74 Å². The van der Waals surface area contributed by atoms with E-state index in [1.54, 1.807) is 0 Å². The molecule has 0 saturated carbocycles. The fraction of sp³-hybridized carbons (Fsp3) is 0.231. The van der Waals surface area contributed by atoms with Crippen LogP contribution in [0.1, 0.15) is 27.7 Å². The second-order valence-electron chi connectivity index (χ2n) is 8.60. The number of rotatable bonds is 1. The lowest BCUT2D eigenvalue weighted by Gasteiger charge is -2.31. The minimum Gasteiger partial charge on any atom is -0.485 e. The molecule has 0 amide bonds. The molecule has 4 aromatic carbocycles. The minimum atomic E-state index is -0.441. The molecule has 2 atom stereocenters. The van der Waals surface area contributed by atoms with Gasteiger partial charge in [-0.3, -0.25) is 0 Å². The minimum absolute atomic E-state index is 0.191. The van der Waals surface area contributed by atoms with Gasteiger partial charge < -0.3 is 4.74 Å². The van der Waals surface area contributed by atoms with Crippen LogP contribution in [0, 0.1) is 0 Å². The van der Waals surface area contributed by atoms with Crippen LogP contribution in [0.3, 0.4) is 0 Å². The summed E-state index contributed by atoms with van der Waals surface area (Å²) >= 11 is 0. The average Bonchev–Trinajstić information content (AvgIpc) is 3.02. The molecular formula is C26H25OP. The van der Waals surface area contributed by atoms with Crippen molar-refractivity contribution in [1.29, 1.82) is 0 Å². The Morgan fingerprint density at radius 2 is 1.39 bits per heavy atom. The molecule has 0 aromatic heterocycles. The molecule has 0 radical (unpaired) electrons.